The van der Waals surface area contributed by atoms with E-state index < -0.39 is 24.3 Å². The molecular weight excluding hydrogens is 312 g/mol. The number of rotatable bonds is 7. The van der Waals surface area contributed by atoms with Crippen LogP contribution in [0.1, 0.15) is 42.4 Å². The van der Waals surface area contributed by atoms with Gasteiger partial charge in [-0.3, -0.25) is 9.59 Å². The molecule has 0 aliphatic heterocycles. The summed E-state index contributed by atoms with van der Waals surface area (Å²) in [5.41, 5.74) is 6.66. The highest BCUT2D eigenvalue weighted by molar-refractivity contribution is 6.45. The number of hydrogen-bond donors (Lipinski definition) is 2. The van der Waals surface area contributed by atoms with Gasteiger partial charge in [-0.15, -0.1) is 0 Å². The first kappa shape index (κ1) is 17.5. The van der Waals surface area contributed by atoms with Gasteiger partial charge in [0.05, 0.1) is 16.5 Å². The van der Waals surface area contributed by atoms with Crippen molar-refractivity contribution in [3.63, 3.8) is 0 Å². The van der Waals surface area contributed by atoms with Crippen molar-refractivity contribution < 1.29 is 24.2 Å². The molecular formula is C17H20N2O5. The minimum absolute atomic E-state index is 0.0802. The van der Waals surface area contributed by atoms with Crippen LogP contribution in [0.4, 0.5) is 0 Å². The third kappa shape index (κ3) is 2.97. The summed E-state index contributed by atoms with van der Waals surface area (Å²) in [5, 5.41) is 9.25. The van der Waals surface area contributed by atoms with Gasteiger partial charge in [-0.05, 0) is 32.4 Å². The van der Waals surface area contributed by atoms with E-state index in [0.717, 1.165) is 6.42 Å². The molecule has 1 aromatic heterocycles. The number of carboxylic acid groups (broad SMARTS) is 1. The number of aromatic nitrogens is 1. The normalized spacial score (nSPS) is 12.1. The van der Waals surface area contributed by atoms with Crippen molar-refractivity contribution in [3.05, 3.63) is 29.5 Å². The zero-order chi connectivity index (χ0) is 18.0. The van der Waals surface area contributed by atoms with Crippen LogP contribution in [-0.2, 0) is 9.59 Å². The number of primary amides is 1. The van der Waals surface area contributed by atoms with Crippen LogP contribution >= 0.6 is 0 Å². The first-order chi connectivity index (χ1) is 11.3. The minimum atomic E-state index is -1.13. The van der Waals surface area contributed by atoms with Crippen molar-refractivity contribution in [1.29, 1.82) is 0 Å². The summed E-state index contributed by atoms with van der Waals surface area (Å²) in [4.78, 5) is 34.6. The molecule has 1 heterocycles. The summed E-state index contributed by atoms with van der Waals surface area (Å²) in [6, 6.07) is 5.18. The molecule has 0 saturated carbocycles. The van der Waals surface area contributed by atoms with Crippen LogP contribution in [-0.4, -0.2) is 33.9 Å². The lowest BCUT2D eigenvalue weighted by molar-refractivity contribution is -0.139. The van der Waals surface area contributed by atoms with Gasteiger partial charge in [0.15, 0.2) is 6.61 Å². The standard InChI is InChI=1S/C17H20N2O5/c1-4-9(2)19-10(3)14(16(22)17(18)23)15-11(19)6-5-7-12(15)24-8-13(20)21/h5-7,9H,4,8H2,1-3H3,(H2,18,23)(H,20,21). The van der Waals surface area contributed by atoms with Crippen LogP contribution in [0.2, 0.25) is 0 Å². The van der Waals surface area contributed by atoms with Gasteiger partial charge in [-0.1, -0.05) is 13.0 Å². The van der Waals surface area contributed by atoms with Crippen molar-refractivity contribution in [3.8, 4) is 5.75 Å². The number of ether oxygens (including phenoxy) is 1. The molecule has 1 amide bonds. The number of carbonyl (C=O) groups excluding carboxylic acids is 2. The van der Waals surface area contributed by atoms with E-state index in [0.29, 0.717) is 16.6 Å². The third-order valence-electron chi connectivity index (χ3n) is 4.07. The number of carboxylic acids is 1. The molecule has 128 valence electrons. The fraction of sp³-hybridized carbons (Fsp3) is 0.353. The van der Waals surface area contributed by atoms with Crippen LogP contribution in [0.3, 0.4) is 0 Å². The molecule has 0 radical (unpaired) electrons. The second-order valence-corrected chi connectivity index (χ2v) is 5.61. The van der Waals surface area contributed by atoms with Crippen molar-refractivity contribution >= 4 is 28.6 Å². The van der Waals surface area contributed by atoms with Gasteiger partial charge in [-0.25, -0.2) is 4.79 Å². The molecule has 0 fully saturated rings. The van der Waals surface area contributed by atoms with E-state index in [9.17, 15) is 14.4 Å². The number of aliphatic carboxylic acids is 1. The van der Waals surface area contributed by atoms with Crippen molar-refractivity contribution in [2.45, 2.75) is 33.2 Å². The topological polar surface area (TPSA) is 112 Å². The Bertz CT molecular complexity index is 822. The number of nitrogens with two attached hydrogens (primary N) is 1. The summed E-state index contributed by atoms with van der Waals surface area (Å²) in [6.07, 6.45) is 0.815. The summed E-state index contributed by atoms with van der Waals surface area (Å²) >= 11 is 0. The molecule has 0 bridgehead atoms. The lowest BCUT2D eigenvalue weighted by Crippen LogP contribution is -2.24. The fourth-order valence-corrected chi connectivity index (χ4v) is 2.86. The molecule has 0 aliphatic rings. The monoisotopic (exact) mass is 332 g/mol. The Labute approximate surface area is 139 Å². The molecule has 7 heteroatoms. The number of nitrogens with zero attached hydrogens (tertiary/aromatic N) is 1. The van der Waals surface area contributed by atoms with Crippen LogP contribution in [0, 0.1) is 6.92 Å². The lowest BCUT2D eigenvalue weighted by Gasteiger charge is -2.15. The zero-order valence-electron chi connectivity index (χ0n) is 13.8. The van der Waals surface area contributed by atoms with E-state index in [4.69, 9.17) is 15.6 Å². The maximum absolute atomic E-state index is 12.3. The average Bonchev–Trinajstić information content (AvgIpc) is 2.83. The van der Waals surface area contributed by atoms with Crippen LogP contribution in [0.5, 0.6) is 5.75 Å². The molecule has 0 saturated heterocycles. The fourth-order valence-electron chi connectivity index (χ4n) is 2.86. The highest BCUT2D eigenvalue weighted by Crippen LogP contribution is 2.36. The lowest BCUT2D eigenvalue weighted by atomic mass is 10.1. The summed E-state index contributed by atoms with van der Waals surface area (Å²) in [5.74, 6) is -2.77. The number of Topliss-reactive ketones (excluding diaryl/α,β-unsaturated/α-hetero) is 1. The Morgan fingerprint density at radius 1 is 1.33 bits per heavy atom. The van der Waals surface area contributed by atoms with E-state index in [2.05, 4.69) is 0 Å². The number of benzene rings is 1. The Kier molecular flexibility index (Phi) is 4.92. The van der Waals surface area contributed by atoms with E-state index in [1.807, 2.05) is 18.4 Å². The summed E-state index contributed by atoms with van der Waals surface area (Å²) < 4.78 is 7.26. The minimum Gasteiger partial charge on any atom is -0.481 e. The first-order valence-corrected chi connectivity index (χ1v) is 7.61. The van der Waals surface area contributed by atoms with E-state index in [1.165, 1.54) is 0 Å². The Hall–Kier alpha value is -2.83. The maximum Gasteiger partial charge on any atom is 0.341 e. The summed E-state index contributed by atoms with van der Waals surface area (Å²) in [6.45, 7) is 5.20. The second-order valence-electron chi connectivity index (χ2n) is 5.61. The molecule has 1 atom stereocenters. The number of carbonyl (C=O) groups is 3. The third-order valence-corrected chi connectivity index (χ3v) is 4.07. The molecule has 7 nitrogen and oxygen atoms in total. The highest BCUT2D eigenvalue weighted by atomic mass is 16.5. The molecule has 24 heavy (non-hydrogen) atoms. The average molecular weight is 332 g/mol. The van der Waals surface area contributed by atoms with Gasteiger partial charge in [0.2, 0.25) is 0 Å². The predicted molar refractivity (Wildman–Crippen MR) is 88.3 cm³/mol. The Morgan fingerprint density at radius 2 is 2.00 bits per heavy atom. The van der Waals surface area contributed by atoms with Crippen molar-refractivity contribution in [2.75, 3.05) is 6.61 Å². The molecule has 2 aromatic rings. The molecule has 3 N–H and O–H groups in total. The molecule has 2 rings (SSSR count). The largest absolute Gasteiger partial charge is 0.481 e. The number of fused-ring (bicyclic) bond motifs is 1. The van der Waals surface area contributed by atoms with Gasteiger partial charge >= 0.3 is 5.97 Å². The van der Waals surface area contributed by atoms with Crippen LogP contribution in [0.15, 0.2) is 18.2 Å². The maximum atomic E-state index is 12.3. The van der Waals surface area contributed by atoms with Crippen LogP contribution in [0.25, 0.3) is 10.9 Å². The van der Waals surface area contributed by atoms with Gasteiger partial charge in [0.1, 0.15) is 5.75 Å². The smallest absolute Gasteiger partial charge is 0.341 e. The first-order valence-electron chi connectivity index (χ1n) is 7.61. The Morgan fingerprint density at radius 3 is 2.54 bits per heavy atom. The van der Waals surface area contributed by atoms with Gasteiger partial charge < -0.3 is 20.1 Å². The van der Waals surface area contributed by atoms with E-state index in [1.54, 1.807) is 25.1 Å². The number of ketones is 1. The van der Waals surface area contributed by atoms with Gasteiger partial charge in [0, 0.05) is 11.7 Å². The number of amides is 1. The molecule has 1 aromatic carbocycles. The molecule has 0 spiro atoms. The van der Waals surface area contributed by atoms with E-state index in [-0.39, 0.29) is 17.4 Å². The van der Waals surface area contributed by atoms with E-state index >= 15 is 0 Å². The predicted octanol–water partition coefficient (Wildman–Crippen LogP) is 2.05. The quantitative estimate of drug-likeness (QED) is 0.595. The van der Waals surface area contributed by atoms with Gasteiger partial charge in [0.25, 0.3) is 11.7 Å². The van der Waals surface area contributed by atoms with Gasteiger partial charge in [-0.2, -0.15) is 0 Å². The molecule has 0 aliphatic carbocycles. The van der Waals surface area contributed by atoms with Crippen molar-refractivity contribution in [2.24, 2.45) is 5.73 Å². The van der Waals surface area contributed by atoms with Crippen molar-refractivity contribution in [1.82, 2.24) is 4.57 Å². The SMILES string of the molecule is CCC(C)n1c(C)c(C(=O)C(N)=O)c2c(OCC(=O)O)cccc21. The number of hydrogen-bond acceptors (Lipinski definition) is 4. The zero-order valence-corrected chi connectivity index (χ0v) is 13.8. The highest BCUT2D eigenvalue weighted by Gasteiger charge is 2.27. The Balaban J connectivity index is 2.80. The second kappa shape index (κ2) is 6.74. The van der Waals surface area contributed by atoms with Crippen LogP contribution < -0.4 is 10.5 Å². The summed E-state index contributed by atoms with van der Waals surface area (Å²) in [7, 11) is 0. The molecule has 1 unspecified atom stereocenters.